The zero-order chi connectivity index (χ0) is 12.5. The minimum atomic E-state index is 0.622. The molecular weight excluding hydrogens is 246 g/mol. The minimum Gasteiger partial charge on any atom is -0.480 e. The highest BCUT2D eigenvalue weighted by atomic mass is 32.1. The monoisotopic (exact) mass is 265 g/mol. The van der Waals surface area contributed by atoms with Gasteiger partial charge in [0.05, 0.1) is 7.11 Å². The van der Waals surface area contributed by atoms with Gasteiger partial charge in [-0.05, 0) is 24.7 Å². The number of rotatable bonds is 2. The Hall–Kier alpha value is -1.10. The SMILES string of the molecule is CN=C(OC)c1csc(N2C[C@H]3CCC[C@H]3C2)n1. The Morgan fingerprint density at radius 3 is 2.78 bits per heavy atom. The Morgan fingerprint density at radius 2 is 2.17 bits per heavy atom. The number of aliphatic imine (C=N–C) groups is 1. The molecule has 0 unspecified atom stereocenters. The number of hydrogen-bond donors (Lipinski definition) is 0. The molecule has 1 aliphatic heterocycles. The van der Waals surface area contributed by atoms with Gasteiger partial charge in [0.2, 0.25) is 5.90 Å². The van der Waals surface area contributed by atoms with Gasteiger partial charge in [-0.2, -0.15) is 0 Å². The predicted octanol–water partition coefficient (Wildman–Crippen LogP) is 2.40. The summed E-state index contributed by atoms with van der Waals surface area (Å²) in [5.74, 6) is 2.43. The average molecular weight is 265 g/mol. The van der Waals surface area contributed by atoms with Crippen molar-refractivity contribution in [3.8, 4) is 0 Å². The van der Waals surface area contributed by atoms with E-state index in [-0.39, 0.29) is 0 Å². The summed E-state index contributed by atoms with van der Waals surface area (Å²) < 4.78 is 5.21. The lowest BCUT2D eigenvalue weighted by Gasteiger charge is -2.15. The summed E-state index contributed by atoms with van der Waals surface area (Å²) in [6, 6.07) is 0. The fourth-order valence-electron chi connectivity index (χ4n) is 3.21. The number of fused-ring (bicyclic) bond motifs is 1. The molecule has 2 atom stereocenters. The van der Waals surface area contributed by atoms with Crippen molar-refractivity contribution in [3.05, 3.63) is 11.1 Å². The minimum absolute atomic E-state index is 0.622. The van der Waals surface area contributed by atoms with Crippen LogP contribution in [0.5, 0.6) is 0 Å². The number of thiazole rings is 1. The van der Waals surface area contributed by atoms with Crippen LogP contribution >= 0.6 is 11.3 Å². The lowest BCUT2D eigenvalue weighted by Crippen LogP contribution is -2.20. The molecule has 98 valence electrons. The van der Waals surface area contributed by atoms with Crippen LogP contribution in [0, 0.1) is 11.8 Å². The Bertz CT molecular complexity index is 445. The Labute approximate surface area is 112 Å². The first kappa shape index (κ1) is 12.0. The van der Waals surface area contributed by atoms with Gasteiger partial charge in [0.25, 0.3) is 0 Å². The van der Waals surface area contributed by atoms with Crippen LogP contribution in [0.4, 0.5) is 5.13 Å². The molecule has 4 nitrogen and oxygen atoms in total. The van der Waals surface area contributed by atoms with Gasteiger partial charge in [0.15, 0.2) is 5.13 Å². The van der Waals surface area contributed by atoms with Crippen LogP contribution in [0.3, 0.4) is 0 Å². The largest absolute Gasteiger partial charge is 0.480 e. The first-order chi connectivity index (χ1) is 8.81. The van der Waals surface area contributed by atoms with Crippen molar-refractivity contribution in [2.75, 3.05) is 32.1 Å². The van der Waals surface area contributed by atoms with E-state index in [1.165, 1.54) is 32.4 Å². The number of hydrogen-bond acceptors (Lipinski definition) is 5. The van der Waals surface area contributed by atoms with Gasteiger partial charge in [0.1, 0.15) is 5.69 Å². The van der Waals surface area contributed by atoms with Gasteiger partial charge in [-0.25, -0.2) is 4.98 Å². The normalized spacial score (nSPS) is 27.7. The topological polar surface area (TPSA) is 37.7 Å². The lowest BCUT2D eigenvalue weighted by atomic mass is 10.0. The summed E-state index contributed by atoms with van der Waals surface area (Å²) in [6.07, 6.45) is 4.22. The van der Waals surface area contributed by atoms with E-state index in [4.69, 9.17) is 4.74 Å². The number of ether oxygens (including phenoxy) is 1. The summed E-state index contributed by atoms with van der Waals surface area (Å²) in [6.45, 7) is 2.37. The molecule has 0 spiro atoms. The third-order valence-electron chi connectivity index (χ3n) is 4.10. The van der Waals surface area contributed by atoms with E-state index in [9.17, 15) is 0 Å². The second kappa shape index (κ2) is 4.88. The first-order valence-corrected chi connectivity index (χ1v) is 7.41. The lowest BCUT2D eigenvalue weighted by molar-refractivity contribution is 0.403. The van der Waals surface area contributed by atoms with Crippen molar-refractivity contribution in [2.24, 2.45) is 16.8 Å². The van der Waals surface area contributed by atoms with Crippen molar-refractivity contribution >= 4 is 22.4 Å². The molecule has 0 N–H and O–H groups in total. The molecular formula is C13H19N3OS. The summed E-state index contributed by atoms with van der Waals surface area (Å²) >= 11 is 1.70. The van der Waals surface area contributed by atoms with Crippen molar-refractivity contribution in [1.29, 1.82) is 0 Å². The Morgan fingerprint density at radius 1 is 1.44 bits per heavy atom. The van der Waals surface area contributed by atoms with Crippen LogP contribution in [0.2, 0.25) is 0 Å². The van der Waals surface area contributed by atoms with E-state index >= 15 is 0 Å². The maximum Gasteiger partial charge on any atom is 0.235 e. The van der Waals surface area contributed by atoms with Crippen LogP contribution in [0.15, 0.2) is 10.4 Å². The van der Waals surface area contributed by atoms with Gasteiger partial charge >= 0.3 is 0 Å². The molecule has 0 aromatic carbocycles. The van der Waals surface area contributed by atoms with Crippen LogP contribution in [0.25, 0.3) is 0 Å². The molecule has 0 amide bonds. The fourth-order valence-corrected chi connectivity index (χ4v) is 4.03. The van der Waals surface area contributed by atoms with Crippen molar-refractivity contribution in [3.63, 3.8) is 0 Å². The van der Waals surface area contributed by atoms with Gasteiger partial charge < -0.3 is 9.64 Å². The zero-order valence-electron chi connectivity index (χ0n) is 10.9. The number of nitrogens with zero attached hydrogens (tertiary/aromatic N) is 3. The molecule has 1 aromatic heterocycles. The van der Waals surface area contributed by atoms with E-state index in [2.05, 4.69) is 14.9 Å². The van der Waals surface area contributed by atoms with Crippen LogP contribution in [0.1, 0.15) is 25.0 Å². The van der Waals surface area contributed by atoms with Gasteiger partial charge in [-0.3, -0.25) is 4.99 Å². The van der Waals surface area contributed by atoms with E-state index in [0.29, 0.717) is 5.90 Å². The third kappa shape index (κ3) is 2.00. The standard InChI is InChI=1S/C13H19N3OS/c1-14-12(17-2)11-8-18-13(15-11)16-6-9-4-3-5-10(9)7-16/h8-10H,3-7H2,1-2H3/t9-,10+. The third-order valence-corrected chi connectivity index (χ3v) is 5.01. The summed E-state index contributed by atoms with van der Waals surface area (Å²) in [7, 11) is 3.37. The molecule has 3 rings (SSSR count). The average Bonchev–Trinajstić information content (AvgIpc) is 3.04. The molecule has 1 aliphatic carbocycles. The van der Waals surface area contributed by atoms with E-state index < -0.39 is 0 Å². The Balaban J connectivity index is 1.74. The van der Waals surface area contributed by atoms with Gasteiger partial charge in [-0.1, -0.05) is 6.42 Å². The summed E-state index contributed by atoms with van der Waals surface area (Å²) in [5.41, 5.74) is 0.858. The Kier molecular flexibility index (Phi) is 3.24. The maximum absolute atomic E-state index is 5.21. The molecule has 1 aromatic rings. The van der Waals surface area contributed by atoms with E-state index in [1.807, 2.05) is 5.38 Å². The first-order valence-electron chi connectivity index (χ1n) is 6.53. The summed E-state index contributed by atoms with van der Waals surface area (Å²) in [5, 5.41) is 3.16. The van der Waals surface area contributed by atoms with E-state index in [1.54, 1.807) is 25.5 Å². The highest BCUT2D eigenvalue weighted by Crippen LogP contribution is 2.40. The van der Waals surface area contributed by atoms with Crippen molar-refractivity contribution < 1.29 is 4.74 Å². The molecule has 1 saturated carbocycles. The number of anilines is 1. The maximum atomic E-state index is 5.21. The molecule has 5 heteroatoms. The molecule has 0 radical (unpaired) electrons. The fraction of sp³-hybridized carbons (Fsp3) is 0.692. The number of aromatic nitrogens is 1. The smallest absolute Gasteiger partial charge is 0.235 e. The quantitative estimate of drug-likeness (QED) is 0.609. The second-order valence-corrected chi connectivity index (χ2v) is 5.94. The van der Waals surface area contributed by atoms with Gasteiger partial charge in [-0.15, -0.1) is 11.3 Å². The molecule has 0 bridgehead atoms. The molecule has 2 fully saturated rings. The molecule has 2 heterocycles. The van der Waals surface area contributed by atoms with Crippen LogP contribution in [-0.4, -0.2) is 38.1 Å². The molecule has 1 saturated heterocycles. The summed E-state index contributed by atoms with van der Waals surface area (Å²) in [4.78, 5) is 11.2. The van der Waals surface area contributed by atoms with Crippen LogP contribution in [-0.2, 0) is 4.74 Å². The molecule has 18 heavy (non-hydrogen) atoms. The van der Waals surface area contributed by atoms with Gasteiger partial charge in [0, 0.05) is 25.5 Å². The number of methoxy groups -OCH3 is 1. The highest BCUT2D eigenvalue weighted by molar-refractivity contribution is 7.13. The zero-order valence-corrected chi connectivity index (χ0v) is 11.7. The van der Waals surface area contributed by atoms with Crippen molar-refractivity contribution in [1.82, 2.24) is 4.98 Å². The van der Waals surface area contributed by atoms with Crippen LogP contribution < -0.4 is 4.90 Å². The second-order valence-electron chi connectivity index (χ2n) is 5.10. The van der Waals surface area contributed by atoms with E-state index in [0.717, 1.165) is 22.7 Å². The predicted molar refractivity (Wildman–Crippen MR) is 74.6 cm³/mol. The van der Waals surface area contributed by atoms with Crippen molar-refractivity contribution in [2.45, 2.75) is 19.3 Å². The molecule has 2 aliphatic rings. The highest BCUT2D eigenvalue weighted by Gasteiger charge is 2.37.